The van der Waals surface area contributed by atoms with Crippen molar-refractivity contribution >= 4 is 28.7 Å². The van der Waals surface area contributed by atoms with Crippen LogP contribution in [0.5, 0.6) is 0 Å². The van der Waals surface area contributed by atoms with E-state index in [-0.39, 0.29) is 25.0 Å². The lowest BCUT2D eigenvalue weighted by Crippen LogP contribution is -2.48. The number of hydrogen-bond donors (Lipinski definition) is 0. The van der Waals surface area contributed by atoms with Crippen LogP contribution >= 0.6 is 0 Å². The first kappa shape index (κ1) is 21.1. The summed E-state index contributed by atoms with van der Waals surface area (Å²) in [7, 11) is 0. The van der Waals surface area contributed by atoms with Gasteiger partial charge in [-0.1, -0.05) is 30.4 Å². The van der Waals surface area contributed by atoms with E-state index in [0.29, 0.717) is 5.69 Å². The SMILES string of the molecule is CC(=O)OC(C)c1ccc2ccc(C=CC3(C(C)=O)COC(C)(C)OC3)cc2n1. The monoisotopic (exact) mass is 397 g/mol. The number of pyridine rings is 1. The molecule has 1 saturated heterocycles. The number of carbonyl (C=O) groups is 2. The number of carbonyl (C=O) groups excluding carboxylic acids is 2. The second-order valence-electron chi connectivity index (χ2n) is 7.96. The fourth-order valence-electron chi connectivity index (χ4n) is 3.15. The second-order valence-corrected chi connectivity index (χ2v) is 7.96. The average molecular weight is 397 g/mol. The highest BCUT2D eigenvalue weighted by atomic mass is 16.7. The van der Waals surface area contributed by atoms with Gasteiger partial charge in [0, 0.05) is 12.3 Å². The predicted octanol–water partition coefficient (Wildman–Crippen LogP) is 4.23. The van der Waals surface area contributed by atoms with E-state index < -0.39 is 17.3 Å². The molecule has 0 radical (unpaired) electrons. The lowest BCUT2D eigenvalue weighted by atomic mass is 9.83. The van der Waals surface area contributed by atoms with Crippen LogP contribution in [0.4, 0.5) is 0 Å². The van der Waals surface area contributed by atoms with E-state index >= 15 is 0 Å². The Labute approximate surface area is 170 Å². The van der Waals surface area contributed by atoms with E-state index in [4.69, 9.17) is 14.2 Å². The Morgan fingerprint density at radius 2 is 1.79 bits per heavy atom. The van der Waals surface area contributed by atoms with Crippen LogP contribution in [-0.2, 0) is 23.8 Å². The smallest absolute Gasteiger partial charge is 0.303 e. The van der Waals surface area contributed by atoms with Crippen LogP contribution in [0.3, 0.4) is 0 Å². The van der Waals surface area contributed by atoms with Crippen LogP contribution in [0.25, 0.3) is 17.0 Å². The Morgan fingerprint density at radius 1 is 1.14 bits per heavy atom. The molecule has 154 valence electrons. The van der Waals surface area contributed by atoms with Crippen LogP contribution in [0.15, 0.2) is 36.4 Å². The summed E-state index contributed by atoms with van der Waals surface area (Å²) < 4.78 is 16.7. The van der Waals surface area contributed by atoms with Gasteiger partial charge in [0.05, 0.1) is 29.8 Å². The van der Waals surface area contributed by atoms with Crippen LogP contribution < -0.4 is 0 Å². The Balaban J connectivity index is 1.87. The summed E-state index contributed by atoms with van der Waals surface area (Å²) in [6.07, 6.45) is 3.34. The zero-order chi connectivity index (χ0) is 21.2. The lowest BCUT2D eigenvalue weighted by Gasteiger charge is -2.40. The third kappa shape index (κ3) is 4.89. The molecule has 0 N–H and O–H groups in total. The number of esters is 1. The molecule has 3 rings (SSSR count). The molecule has 2 aromatic rings. The highest BCUT2D eigenvalue weighted by molar-refractivity contribution is 5.87. The number of hydrogen-bond acceptors (Lipinski definition) is 6. The molecule has 1 aliphatic heterocycles. The number of Topliss-reactive ketones (excluding diaryl/α,β-unsaturated/α-hetero) is 1. The van der Waals surface area contributed by atoms with Crippen molar-refractivity contribution in [3.63, 3.8) is 0 Å². The highest BCUT2D eigenvalue weighted by Crippen LogP contribution is 2.33. The third-order valence-corrected chi connectivity index (χ3v) is 5.15. The van der Waals surface area contributed by atoms with E-state index in [9.17, 15) is 9.59 Å². The van der Waals surface area contributed by atoms with Gasteiger partial charge in [-0.2, -0.15) is 0 Å². The summed E-state index contributed by atoms with van der Waals surface area (Å²) >= 11 is 0. The number of ether oxygens (including phenoxy) is 3. The molecule has 2 heterocycles. The van der Waals surface area contributed by atoms with Crippen molar-refractivity contribution in [2.75, 3.05) is 13.2 Å². The zero-order valence-corrected chi connectivity index (χ0v) is 17.5. The third-order valence-electron chi connectivity index (χ3n) is 5.15. The summed E-state index contributed by atoms with van der Waals surface area (Å²) in [5.41, 5.74) is 1.58. The Bertz CT molecular complexity index is 953. The number of aromatic nitrogens is 1. The topological polar surface area (TPSA) is 74.7 Å². The molecule has 29 heavy (non-hydrogen) atoms. The molecular weight excluding hydrogens is 370 g/mol. The van der Waals surface area contributed by atoms with Crippen LogP contribution in [-0.4, -0.2) is 35.7 Å². The standard InChI is InChI=1S/C23H27NO5/c1-15(29-17(3)26)20-9-8-19-7-6-18(12-21(19)24-20)10-11-23(16(2)25)13-27-22(4,5)28-14-23/h6-12,15H,13-14H2,1-5H3. The number of fused-ring (bicyclic) bond motifs is 1. The minimum atomic E-state index is -0.802. The minimum Gasteiger partial charge on any atom is -0.456 e. The molecule has 0 bridgehead atoms. The Morgan fingerprint density at radius 3 is 2.41 bits per heavy atom. The number of nitrogens with zero attached hydrogens (tertiary/aromatic N) is 1. The minimum absolute atomic E-state index is 0.000608. The fraction of sp³-hybridized carbons (Fsp3) is 0.435. The van der Waals surface area contributed by atoms with Gasteiger partial charge in [0.2, 0.25) is 0 Å². The fourth-order valence-corrected chi connectivity index (χ4v) is 3.15. The van der Waals surface area contributed by atoms with Gasteiger partial charge in [-0.15, -0.1) is 0 Å². The molecule has 1 aromatic carbocycles. The van der Waals surface area contributed by atoms with Gasteiger partial charge >= 0.3 is 5.97 Å². The Kier molecular flexibility index (Phi) is 5.87. The summed E-state index contributed by atoms with van der Waals surface area (Å²) in [4.78, 5) is 28.1. The van der Waals surface area contributed by atoms with Crippen molar-refractivity contribution in [2.24, 2.45) is 5.41 Å². The van der Waals surface area contributed by atoms with Crippen LogP contribution in [0.1, 0.15) is 52.0 Å². The molecule has 1 aliphatic rings. The molecule has 0 saturated carbocycles. The molecule has 1 unspecified atom stereocenters. The quantitative estimate of drug-likeness (QED) is 0.703. The largest absolute Gasteiger partial charge is 0.456 e. The van der Waals surface area contributed by atoms with Gasteiger partial charge in [-0.05, 0) is 45.4 Å². The van der Waals surface area contributed by atoms with E-state index in [1.54, 1.807) is 13.8 Å². The van der Waals surface area contributed by atoms with Crippen molar-refractivity contribution < 1.29 is 23.8 Å². The van der Waals surface area contributed by atoms with Crippen molar-refractivity contribution in [3.05, 3.63) is 47.7 Å². The van der Waals surface area contributed by atoms with E-state index in [1.807, 2.05) is 56.3 Å². The molecule has 6 nitrogen and oxygen atoms in total. The number of benzene rings is 1. The van der Waals surface area contributed by atoms with Crippen molar-refractivity contribution in [3.8, 4) is 0 Å². The molecule has 0 spiro atoms. The maximum absolute atomic E-state index is 12.3. The highest BCUT2D eigenvalue weighted by Gasteiger charge is 2.41. The molecule has 0 aliphatic carbocycles. The molecule has 1 atom stereocenters. The first-order valence-corrected chi connectivity index (χ1v) is 9.66. The molecule has 1 aromatic heterocycles. The average Bonchev–Trinajstić information content (AvgIpc) is 2.66. The van der Waals surface area contributed by atoms with Gasteiger partial charge < -0.3 is 14.2 Å². The maximum atomic E-state index is 12.3. The molecule has 1 fully saturated rings. The van der Waals surface area contributed by atoms with E-state index in [2.05, 4.69) is 4.98 Å². The molecule has 6 heteroatoms. The second kappa shape index (κ2) is 8.05. The van der Waals surface area contributed by atoms with Gasteiger partial charge in [0.15, 0.2) is 5.79 Å². The van der Waals surface area contributed by atoms with Crippen molar-refractivity contribution in [1.29, 1.82) is 0 Å². The predicted molar refractivity (Wildman–Crippen MR) is 110 cm³/mol. The summed E-state index contributed by atoms with van der Waals surface area (Å²) in [6, 6.07) is 9.69. The van der Waals surface area contributed by atoms with Crippen molar-refractivity contribution in [1.82, 2.24) is 4.98 Å². The summed E-state index contributed by atoms with van der Waals surface area (Å²) in [6.45, 7) is 8.96. The summed E-state index contributed by atoms with van der Waals surface area (Å²) in [5, 5.41) is 0.980. The van der Waals surface area contributed by atoms with Crippen molar-refractivity contribution in [2.45, 2.75) is 46.5 Å². The first-order chi connectivity index (χ1) is 13.6. The van der Waals surface area contributed by atoms with Gasteiger partial charge in [0.1, 0.15) is 11.9 Å². The number of ketones is 1. The molecular formula is C23H27NO5. The van der Waals surface area contributed by atoms with Gasteiger partial charge in [0.25, 0.3) is 0 Å². The van der Waals surface area contributed by atoms with Crippen LogP contribution in [0.2, 0.25) is 0 Å². The van der Waals surface area contributed by atoms with E-state index in [1.165, 1.54) is 6.92 Å². The van der Waals surface area contributed by atoms with Crippen LogP contribution in [0, 0.1) is 5.41 Å². The first-order valence-electron chi connectivity index (χ1n) is 9.66. The van der Waals surface area contributed by atoms with Gasteiger partial charge in [-0.3, -0.25) is 9.59 Å². The zero-order valence-electron chi connectivity index (χ0n) is 17.5. The lowest BCUT2D eigenvalue weighted by molar-refractivity contribution is -0.271. The normalized spacial score (nSPS) is 19.2. The number of rotatable bonds is 5. The van der Waals surface area contributed by atoms with E-state index in [0.717, 1.165) is 16.5 Å². The maximum Gasteiger partial charge on any atom is 0.303 e. The Hall–Kier alpha value is -2.57. The summed E-state index contributed by atoms with van der Waals surface area (Å²) in [5.74, 6) is -1.03. The molecule has 0 amide bonds. The van der Waals surface area contributed by atoms with Gasteiger partial charge in [-0.25, -0.2) is 4.98 Å².